The van der Waals surface area contributed by atoms with Crippen molar-refractivity contribution in [1.82, 2.24) is 5.32 Å². The average Bonchev–Trinajstić information content (AvgIpc) is 2.77. The second-order valence-corrected chi connectivity index (χ2v) is 7.10. The highest BCUT2D eigenvalue weighted by molar-refractivity contribution is 4.94. The maximum absolute atomic E-state index is 5.74. The number of ether oxygens (including phenoxy) is 1. The molecule has 2 heteroatoms. The molecule has 2 nitrogen and oxygen atoms in total. The lowest BCUT2D eigenvalue weighted by atomic mass is 9.68. The summed E-state index contributed by atoms with van der Waals surface area (Å²) >= 11 is 0. The minimum atomic E-state index is 0.226. The topological polar surface area (TPSA) is 21.3 Å². The lowest BCUT2D eigenvalue weighted by Crippen LogP contribution is -2.48. The minimum absolute atomic E-state index is 0.226. The first kappa shape index (κ1) is 13.4. The molecule has 2 rings (SSSR count). The van der Waals surface area contributed by atoms with Crippen LogP contribution in [0.3, 0.4) is 0 Å². The molecule has 1 aliphatic heterocycles. The van der Waals surface area contributed by atoms with E-state index in [0.717, 1.165) is 25.7 Å². The molecular weight excluding hydrogens is 210 g/mol. The Balaban J connectivity index is 1.98. The van der Waals surface area contributed by atoms with Crippen LogP contribution in [0.25, 0.3) is 0 Å². The molecular formula is C15H29NO. The van der Waals surface area contributed by atoms with Crippen LogP contribution in [0.5, 0.6) is 0 Å². The maximum atomic E-state index is 5.74. The lowest BCUT2D eigenvalue weighted by Gasteiger charge is -2.40. The molecule has 1 heterocycles. The highest BCUT2D eigenvalue weighted by Crippen LogP contribution is 2.44. The van der Waals surface area contributed by atoms with E-state index in [0.29, 0.717) is 5.41 Å². The quantitative estimate of drug-likeness (QED) is 0.815. The highest BCUT2D eigenvalue weighted by atomic mass is 16.5. The summed E-state index contributed by atoms with van der Waals surface area (Å²) in [5.41, 5.74) is 0.665. The maximum Gasteiger partial charge on any atom is 0.0538 e. The summed E-state index contributed by atoms with van der Waals surface area (Å²) in [4.78, 5) is 0. The first-order valence-corrected chi connectivity index (χ1v) is 7.35. The largest absolute Gasteiger partial charge is 0.381 e. The normalized spacial score (nSPS) is 31.9. The van der Waals surface area contributed by atoms with Gasteiger partial charge in [-0.3, -0.25) is 0 Å². The summed E-state index contributed by atoms with van der Waals surface area (Å²) in [5, 5.41) is 3.72. The van der Waals surface area contributed by atoms with Crippen molar-refractivity contribution >= 4 is 0 Å². The van der Waals surface area contributed by atoms with Crippen LogP contribution in [0.4, 0.5) is 0 Å². The van der Waals surface area contributed by atoms with Crippen LogP contribution in [-0.4, -0.2) is 25.3 Å². The Labute approximate surface area is 107 Å². The fourth-order valence-electron chi connectivity index (χ4n) is 3.38. The molecule has 0 aromatic carbocycles. The van der Waals surface area contributed by atoms with Crippen LogP contribution in [0.2, 0.25) is 0 Å². The fourth-order valence-corrected chi connectivity index (χ4v) is 3.38. The van der Waals surface area contributed by atoms with Crippen LogP contribution >= 0.6 is 0 Å². The number of hydrogen-bond acceptors (Lipinski definition) is 2. The molecule has 0 amide bonds. The zero-order chi connectivity index (χ0) is 12.4. The standard InChI is InChI=1S/C15H29NO/c1-14(2,3)16-11-15(9-10-17-12-15)13-7-5-4-6-8-13/h13,16H,4-12H2,1-3H3. The Kier molecular flexibility index (Phi) is 4.14. The van der Waals surface area contributed by atoms with E-state index >= 15 is 0 Å². The third-order valence-corrected chi connectivity index (χ3v) is 4.58. The van der Waals surface area contributed by atoms with E-state index in [9.17, 15) is 0 Å². The van der Waals surface area contributed by atoms with Gasteiger partial charge in [-0.2, -0.15) is 0 Å². The lowest BCUT2D eigenvalue weighted by molar-refractivity contribution is 0.0761. The van der Waals surface area contributed by atoms with Crippen molar-refractivity contribution in [2.45, 2.75) is 64.8 Å². The monoisotopic (exact) mass is 239 g/mol. The first-order chi connectivity index (χ1) is 8.02. The molecule has 1 saturated carbocycles. The van der Waals surface area contributed by atoms with Gasteiger partial charge in [0.25, 0.3) is 0 Å². The Bertz CT molecular complexity index is 232. The predicted octanol–water partition coefficient (Wildman–Crippen LogP) is 3.36. The van der Waals surface area contributed by atoms with Crippen LogP contribution < -0.4 is 5.32 Å². The summed E-state index contributed by atoms with van der Waals surface area (Å²) in [7, 11) is 0. The number of nitrogens with one attached hydrogen (secondary N) is 1. The zero-order valence-electron chi connectivity index (χ0n) is 11.8. The second kappa shape index (κ2) is 5.27. The molecule has 1 N–H and O–H groups in total. The summed E-state index contributed by atoms with van der Waals surface area (Å²) in [6, 6.07) is 0. The number of rotatable bonds is 3. The van der Waals surface area contributed by atoms with Crippen molar-refractivity contribution < 1.29 is 4.74 Å². The van der Waals surface area contributed by atoms with Crippen LogP contribution in [0.15, 0.2) is 0 Å². The molecule has 0 aromatic heterocycles. The highest BCUT2D eigenvalue weighted by Gasteiger charge is 2.42. The van der Waals surface area contributed by atoms with E-state index in [1.165, 1.54) is 38.5 Å². The van der Waals surface area contributed by atoms with Gasteiger partial charge in [0, 0.05) is 24.1 Å². The van der Waals surface area contributed by atoms with Gasteiger partial charge < -0.3 is 10.1 Å². The van der Waals surface area contributed by atoms with Crippen molar-refractivity contribution in [3.8, 4) is 0 Å². The predicted molar refractivity (Wildman–Crippen MR) is 72.2 cm³/mol. The van der Waals surface area contributed by atoms with E-state index < -0.39 is 0 Å². The Morgan fingerprint density at radius 1 is 1.18 bits per heavy atom. The Morgan fingerprint density at radius 2 is 1.88 bits per heavy atom. The molecule has 2 aliphatic rings. The first-order valence-electron chi connectivity index (χ1n) is 7.35. The van der Waals surface area contributed by atoms with Crippen molar-refractivity contribution in [1.29, 1.82) is 0 Å². The fraction of sp³-hybridized carbons (Fsp3) is 1.00. The average molecular weight is 239 g/mol. The van der Waals surface area contributed by atoms with Gasteiger partial charge in [0.05, 0.1) is 6.61 Å². The van der Waals surface area contributed by atoms with Crippen molar-refractivity contribution in [2.24, 2.45) is 11.3 Å². The van der Waals surface area contributed by atoms with Crippen molar-refractivity contribution in [2.75, 3.05) is 19.8 Å². The zero-order valence-corrected chi connectivity index (χ0v) is 11.8. The van der Waals surface area contributed by atoms with Gasteiger partial charge in [-0.15, -0.1) is 0 Å². The van der Waals surface area contributed by atoms with Gasteiger partial charge in [0.1, 0.15) is 0 Å². The molecule has 0 bridgehead atoms. The van der Waals surface area contributed by atoms with E-state index in [1.54, 1.807) is 0 Å². The van der Waals surface area contributed by atoms with Crippen LogP contribution in [0.1, 0.15) is 59.3 Å². The second-order valence-electron chi connectivity index (χ2n) is 7.10. The van der Waals surface area contributed by atoms with E-state index in [4.69, 9.17) is 4.74 Å². The SMILES string of the molecule is CC(C)(C)NCC1(C2CCCCC2)CCOC1. The van der Waals surface area contributed by atoms with Crippen molar-refractivity contribution in [3.63, 3.8) is 0 Å². The molecule has 2 fully saturated rings. The van der Waals surface area contributed by atoms with Gasteiger partial charge >= 0.3 is 0 Å². The molecule has 0 spiro atoms. The van der Waals surface area contributed by atoms with E-state index in [-0.39, 0.29) is 5.54 Å². The van der Waals surface area contributed by atoms with E-state index in [1.807, 2.05) is 0 Å². The molecule has 17 heavy (non-hydrogen) atoms. The molecule has 100 valence electrons. The molecule has 1 saturated heterocycles. The van der Waals surface area contributed by atoms with Gasteiger partial charge in [-0.1, -0.05) is 19.3 Å². The van der Waals surface area contributed by atoms with Crippen LogP contribution in [-0.2, 0) is 4.74 Å². The Hall–Kier alpha value is -0.0800. The van der Waals surface area contributed by atoms with E-state index in [2.05, 4.69) is 26.1 Å². The summed E-state index contributed by atoms with van der Waals surface area (Å²) in [6.45, 7) is 9.89. The third-order valence-electron chi connectivity index (χ3n) is 4.58. The summed E-state index contributed by atoms with van der Waals surface area (Å²) < 4.78 is 5.74. The van der Waals surface area contributed by atoms with Gasteiger partial charge in [-0.05, 0) is 46.0 Å². The molecule has 0 aromatic rings. The molecule has 1 atom stereocenters. The summed E-state index contributed by atoms with van der Waals surface area (Å²) in [5.74, 6) is 0.897. The third kappa shape index (κ3) is 3.45. The molecule has 1 unspecified atom stereocenters. The summed E-state index contributed by atoms with van der Waals surface area (Å²) in [6.07, 6.45) is 8.43. The smallest absolute Gasteiger partial charge is 0.0538 e. The molecule has 1 aliphatic carbocycles. The van der Waals surface area contributed by atoms with Gasteiger partial charge in [-0.25, -0.2) is 0 Å². The van der Waals surface area contributed by atoms with Gasteiger partial charge in [0.15, 0.2) is 0 Å². The Morgan fingerprint density at radius 3 is 2.41 bits per heavy atom. The molecule has 0 radical (unpaired) electrons. The van der Waals surface area contributed by atoms with Crippen molar-refractivity contribution in [3.05, 3.63) is 0 Å². The van der Waals surface area contributed by atoms with Crippen LogP contribution in [0, 0.1) is 11.3 Å². The number of hydrogen-bond donors (Lipinski definition) is 1. The minimum Gasteiger partial charge on any atom is -0.381 e. The van der Waals surface area contributed by atoms with Gasteiger partial charge in [0.2, 0.25) is 0 Å².